The number of aromatic nitrogens is 1. The molecule has 0 saturated carbocycles. The van der Waals surface area contributed by atoms with E-state index in [1.54, 1.807) is 12.3 Å². The molecule has 0 atom stereocenters. The van der Waals surface area contributed by atoms with Crippen LogP contribution in [0.5, 0.6) is 0 Å². The van der Waals surface area contributed by atoms with Gasteiger partial charge in [-0.25, -0.2) is 0 Å². The molecule has 1 fully saturated rings. The van der Waals surface area contributed by atoms with Crippen molar-refractivity contribution >= 4 is 29.4 Å². The summed E-state index contributed by atoms with van der Waals surface area (Å²) in [5.74, 6) is -0.123. The van der Waals surface area contributed by atoms with Crippen LogP contribution in [0.1, 0.15) is 45.0 Å². The molecular formula is C18H23BN2O3. The third kappa shape index (κ3) is 2.70. The molecule has 5 nitrogen and oxygen atoms in total. The highest BCUT2D eigenvalue weighted by Gasteiger charge is 2.52. The van der Waals surface area contributed by atoms with Gasteiger partial charge in [-0.05, 0) is 52.2 Å². The van der Waals surface area contributed by atoms with E-state index in [4.69, 9.17) is 9.31 Å². The Kier molecular flexibility index (Phi) is 4.14. The molecule has 0 aliphatic carbocycles. The standard InChI is InChI=1S/C18H23BN2O3/c1-6-20-16(22)13-9-10-14(12-8-7-11-21-15(12)13)19-23-17(2,3)18(4,5)24-19/h7-11H,6H2,1-5H3,(H,20,22). The van der Waals surface area contributed by atoms with E-state index in [0.29, 0.717) is 17.6 Å². The van der Waals surface area contributed by atoms with Gasteiger partial charge in [0.15, 0.2) is 0 Å². The Labute approximate surface area is 142 Å². The SMILES string of the molecule is CCNC(=O)c1ccc(B2OC(C)(C)C(C)(C)O2)c2cccnc12. The Bertz CT molecular complexity index is 773. The Morgan fingerprint density at radius 1 is 1.17 bits per heavy atom. The number of carbonyl (C=O) groups is 1. The largest absolute Gasteiger partial charge is 0.495 e. The van der Waals surface area contributed by atoms with Gasteiger partial charge in [0.25, 0.3) is 5.91 Å². The van der Waals surface area contributed by atoms with Crippen LogP contribution >= 0.6 is 0 Å². The lowest BCUT2D eigenvalue weighted by Crippen LogP contribution is -2.41. The molecule has 1 aromatic carbocycles. The van der Waals surface area contributed by atoms with Gasteiger partial charge < -0.3 is 14.6 Å². The van der Waals surface area contributed by atoms with Crippen LogP contribution in [0.25, 0.3) is 10.9 Å². The third-order valence-electron chi connectivity index (χ3n) is 4.89. The van der Waals surface area contributed by atoms with Crippen LogP contribution in [0.3, 0.4) is 0 Å². The number of nitrogens with one attached hydrogen (secondary N) is 1. The first kappa shape index (κ1) is 16.9. The van der Waals surface area contributed by atoms with Crippen LogP contribution in [0.4, 0.5) is 0 Å². The molecule has 1 aromatic heterocycles. The smallest absolute Gasteiger partial charge is 0.399 e. The van der Waals surface area contributed by atoms with Crippen molar-refractivity contribution in [1.29, 1.82) is 0 Å². The summed E-state index contributed by atoms with van der Waals surface area (Å²) in [6.45, 7) is 10.6. The highest BCUT2D eigenvalue weighted by Crippen LogP contribution is 2.37. The lowest BCUT2D eigenvalue weighted by Gasteiger charge is -2.32. The van der Waals surface area contributed by atoms with E-state index in [-0.39, 0.29) is 5.91 Å². The van der Waals surface area contributed by atoms with Gasteiger partial charge in [0.05, 0.1) is 22.3 Å². The average Bonchev–Trinajstić information content (AvgIpc) is 2.74. The maximum Gasteiger partial charge on any atom is 0.495 e. The van der Waals surface area contributed by atoms with Crippen LogP contribution in [0.15, 0.2) is 30.5 Å². The minimum absolute atomic E-state index is 0.123. The number of pyridine rings is 1. The van der Waals surface area contributed by atoms with Crippen molar-refractivity contribution in [2.24, 2.45) is 0 Å². The fourth-order valence-corrected chi connectivity index (χ4v) is 2.81. The van der Waals surface area contributed by atoms with Crippen LogP contribution in [-0.4, -0.2) is 35.8 Å². The number of rotatable bonds is 3. The molecule has 0 radical (unpaired) electrons. The second-order valence-corrected chi connectivity index (χ2v) is 7.05. The minimum atomic E-state index is -0.481. The van der Waals surface area contributed by atoms with Gasteiger partial charge >= 0.3 is 7.12 Å². The second kappa shape index (κ2) is 5.86. The lowest BCUT2D eigenvalue weighted by molar-refractivity contribution is 0.00578. The molecule has 6 heteroatoms. The highest BCUT2D eigenvalue weighted by molar-refractivity contribution is 6.65. The monoisotopic (exact) mass is 326 g/mol. The highest BCUT2D eigenvalue weighted by atomic mass is 16.7. The molecule has 1 saturated heterocycles. The summed E-state index contributed by atoms with van der Waals surface area (Å²) in [6.07, 6.45) is 1.69. The van der Waals surface area contributed by atoms with Crippen LogP contribution in [0, 0.1) is 0 Å². The van der Waals surface area contributed by atoms with Crippen molar-refractivity contribution in [2.75, 3.05) is 6.54 Å². The zero-order valence-electron chi connectivity index (χ0n) is 14.8. The zero-order valence-corrected chi connectivity index (χ0v) is 14.8. The van der Waals surface area contributed by atoms with E-state index in [2.05, 4.69) is 10.3 Å². The fraction of sp³-hybridized carbons (Fsp3) is 0.444. The molecule has 1 aliphatic heterocycles. The Morgan fingerprint density at radius 3 is 2.46 bits per heavy atom. The normalized spacial score (nSPS) is 18.8. The quantitative estimate of drug-likeness (QED) is 0.879. The van der Waals surface area contributed by atoms with Crippen molar-refractivity contribution in [2.45, 2.75) is 45.8 Å². The molecule has 126 valence electrons. The molecule has 2 heterocycles. The molecule has 1 amide bonds. The maximum absolute atomic E-state index is 12.3. The predicted octanol–water partition coefficient (Wildman–Crippen LogP) is 2.28. The second-order valence-electron chi connectivity index (χ2n) is 7.05. The summed E-state index contributed by atoms with van der Waals surface area (Å²) in [5.41, 5.74) is 1.29. The van der Waals surface area contributed by atoms with Gasteiger partial charge in [0, 0.05) is 18.1 Å². The number of amides is 1. The first-order valence-electron chi connectivity index (χ1n) is 8.28. The molecule has 0 unspecified atom stereocenters. The Balaban J connectivity index is 2.09. The number of carbonyl (C=O) groups excluding carboxylic acids is 1. The van der Waals surface area contributed by atoms with Crippen LogP contribution in [0.2, 0.25) is 0 Å². The molecule has 3 rings (SSSR count). The van der Waals surface area contributed by atoms with E-state index in [1.807, 2.05) is 52.8 Å². The third-order valence-corrected chi connectivity index (χ3v) is 4.89. The van der Waals surface area contributed by atoms with Gasteiger partial charge in [0.1, 0.15) is 0 Å². The summed E-state index contributed by atoms with van der Waals surface area (Å²) in [5, 5.41) is 3.70. The molecule has 1 N–H and O–H groups in total. The summed E-state index contributed by atoms with van der Waals surface area (Å²) in [6, 6.07) is 7.50. The average molecular weight is 326 g/mol. The van der Waals surface area contributed by atoms with Crippen LogP contribution < -0.4 is 10.8 Å². The van der Waals surface area contributed by atoms with Gasteiger partial charge in [-0.3, -0.25) is 9.78 Å². The number of hydrogen-bond acceptors (Lipinski definition) is 4. The van der Waals surface area contributed by atoms with E-state index in [0.717, 1.165) is 10.8 Å². The van der Waals surface area contributed by atoms with Crippen molar-refractivity contribution in [3.05, 3.63) is 36.0 Å². The molecule has 0 spiro atoms. The van der Waals surface area contributed by atoms with E-state index in [1.165, 1.54) is 0 Å². The topological polar surface area (TPSA) is 60.5 Å². The Morgan fingerprint density at radius 2 is 1.83 bits per heavy atom. The van der Waals surface area contributed by atoms with Crippen molar-refractivity contribution in [1.82, 2.24) is 10.3 Å². The predicted molar refractivity (Wildman–Crippen MR) is 95.5 cm³/mol. The van der Waals surface area contributed by atoms with E-state index in [9.17, 15) is 4.79 Å². The summed E-state index contributed by atoms with van der Waals surface area (Å²) in [4.78, 5) is 16.7. The summed E-state index contributed by atoms with van der Waals surface area (Å²) < 4.78 is 12.3. The number of benzene rings is 1. The maximum atomic E-state index is 12.3. The number of nitrogens with zero attached hydrogens (tertiary/aromatic N) is 1. The first-order chi connectivity index (χ1) is 11.3. The summed E-state index contributed by atoms with van der Waals surface area (Å²) >= 11 is 0. The number of hydrogen-bond donors (Lipinski definition) is 1. The molecule has 2 aromatic rings. The molecule has 0 bridgehead atoms. The molecular weight excluding hydrogens is 303 g/mol. The van der Waals surface area contributed by atoms with Gasteiger partial charge in [0.2, 0.25) is 0 Å². The van der Waals surface area contributed by atoms with E-state index < -0.39 is 18.3 Å². The minimum Gasteiger partial charge on any atom is -0.399 e. The van der Waals surface area contributed by atoms with Gasteiger partial charge in [-0.2, -0.15) is 0 Å². The zero-order chi connectivity index (χ0) is 17.5. The summed E-state index contributed by atoms with van der Waals surface area (Å²) in [7, 11) is -0.481. The lowest BCUT2D eigenvalue weighted by atomic mass is 9.76. The fourth-order valence-electron chi connectivity index (χ4n) is 2.81. The first-order valence-corrected chi connectivity index (χ1v) is 8.28. The van der Waals surface area contributed by atoms with Gasteiger partial charge in [-0.15, -0.1) is 0 Å². The van der Waals surface area contributed by atoms with Gasteiger partial charge in [-0.1, -0.05) is 12.1 Å². The molecule has 24 heavy (non-hydrogen) atoms. The van der Waals surface area contributed by atoms with E-state index >= 15 is 0 Å². The van der Waals surface area contributed by atoms with Crippen molar-refractivity contribution in [3.8, 4) is 0 Å². The number of fused-ring (bicyclic) bond motifs is 1. The van der Waals surface area contributed by atoms with Crippen molar-refractivity contribution in [3.63, 3.8) is 0 Å². The van der Waals surface area contributed by atoms with Crippen LogP contribution in [-0.2, 0) is 9.31 Å². The molecule has 1 aliphatic rings. The Hall–Kier alpha value is -1.92. The van der Waals surface area contributed by atoms with Crippen molar-refractivity contribution < 1.29 is 14.1 Å².